The van der Waals surface area contributed by atoms with Gasteiger partial charge in [0.25, 0.3) is 0 Å². The Morgan fingerprint density at radius 3 is 2.13 bits per heavy atom. The van der Waals surface area contributed by atoms with Gasteiger partial charge in [-0.05, 0) is 26.2 Å². The highest BCUT2D eigenvalue weighted by molar-refractivity contribution is 7.88. The van der Waals surface area contributed by atoms with Crippen LogP contribution in [0.2, 0.25) is 0 Å². The summed E-state index contributed by atoms with van der Waals surface area (Å²) in [4.78, 5) is 4.47. The second kappa shape index (κ2) is 8.84. The van der Waals surface area contributed by atoms with Gasteiger partial charge in [-0.2, -0.15) is 0 Å². The van der Waals surface area contributed by atoms with E-state index in [-0.39, 0.29) is 11.5 Å². The molecule has 0 radical (unpaired) electrons. The number of hydrogen-bond acceptors (Lipinski definition) is 4. The smallest absolute Gasteiger partial charge is 0.209 e. The van der Waals surface area contributed by atoms with E-state index in [1.807, 2.05) is 6.92 Å². The normalized spacial score (nSPS) is 15.4. The summed E-state index contributed by atoms with van der Waals surface area (Å²) < 4.78 is 30.8. The van der Waals surface area contributed by atoms with Crippen molar-refractivity contribution in [3.8, 4) is 0 Å². The summed E-state index contributed by atoms with van der Waals surface area (Å²) in [6.45, 7) is 13.6. The van der Waals surface area contributed by atoms with Crippen LogP contribution in [-0.4, -0.2) is 59.0 Å². The summed E-state index contributed by atoms with van der Waals surface area (Å²) in [5, 5.41) is 6.41. The Balaban J connectivity index is 4.84. The molecule has 0 aromatic heterocycles. The second-order valence-electron chi connectivity index (χ2n) is 7.42. The number of sulfonamides is 1. The van der Waals surface area contributed by atoms with Crippen molar-refractivity contribution in [2.75, 3.05) is 33.0 Å². The molecule has 0 aromatic rings. The van der Waals surface area contributed by atoms with Crippen LogP contribution in [0.1, 0.15) is 41.5 Å². The maximum absolute atomic E-state index is 11.4. The van der Waals surface area contributed by atoms with Crippen LogP contribution >= 0.6 is 0 Å². The third-order valence-corrected chi connectivity index (χ3v) is 4.07. The van der Waals surface area contributed by atoms with E-state index in [0.717, 1.165) is 12.8 Å². The Morgan fingerprint density at radius 1 is 1.17 bits per heavy atom. The zero-order valence-corrected chi connectivity index (χ0v) is 16.6. The number of nitrogens with one attached hydrogen (secondary N) is 3. The second-order valence-corrected chi connectivity index (χ2v) is 9.17. The van der Waals surface area contributed by atoms with Crippen LogP contribution in [0.4, 0.5) is 0 Å². The molecule has 0 saturated carbocycles. The summed E-state index contributed by atoms with van der Waals surface area (Å²) >= 11 is 0. The maximum atomic E-state index is 11.4. The van der Waals surface area contributed by atoms with Gasteiger partial charge in [0.15, 0.2) is 5.96 Å². The first-order valence-electron chi connectivity index (χ1n) is 7.84. The molecule has 0 heterocycles. The molecule has 138 valence electrons. The van der Waals surface area contributed by atoms with E-state index < -0.39 is 15.6 Å². The number of ether oxygens (including phenoxy) is 1. The Labute approximate surface area is 141 Å². The topological polar surface area (TPSA) is 91.8 Å². The minimum atomic E-state index is -3.27. The molecule has 23 heavy (non-hydrogen) atoms. The molecule has 1 unspecified atom stereocenters. The Hall–Kier alpha value is -0.860. The lowest BCUT2D eigenvalue weighted by molar-refractivity contribution is 0.0205. The molecule has 0 fully saturated rings. The molecule has 1 atom stereocenters. The van der Waals surface area contributed by atoms with E-state index in [4.69, 9.17) is 4.74 Å². The van der Waals surface area contributed by atoms with Gasteiger partial charge in [0.2, 0.25) is 10.0 Å². The van der Waals surface area contributed by atoms with Gasteiger partial charge < -0.3 is 15.4 Å². The molecular formula is C15H34N4O3S. The van der Waals surface area contributed by atoms with Crippen LogP contribution in [0.3, 0.4) is 0 Å². The van der Waals surface area contributed by atoms with Gasteiger partial charge in [-0.3, -0.25) is 4.99 Å². The summed E-state index contributed by atoms with van der Waals surface area (Å²) in [6, 6.07) is 0. The number of nitrogens with zero attached hydrogens (tertiary/aromatic N) is 1. The zero-order valence-electron chi connectivity index (χ0n) is 15.8. The highest BCUT2D eigenvalue weighted by atomic mass is 32.2. The monoisotopic (exact) mass is 350 g/mol. The van der Waals surface area contributed by atoms with Crippen LogP contribution in [0.5, 0.6) is 0 Å². The van der Waals surface area contributed by atoms with E-state index in [9.17, 15) is 8.42 Å². The minimum absolute atomic E-state index is 0.0101. The Bertz CT molecular complexity index is 481. The number of rotatable bonds is 8. The average Bonchev–Trinajstić information content (AvgIpc) is 2.32. The van der Waals surface area contributed by atoms with Gasteiger partial charge in [-0.25, -0.2) is 13.1 Å². The number of guanidine groups is 1. The fourth-order valence-corrected chi connectivity index (χ4v) is 3.15. The molecule has 0 bridgehead atoms. The largest absolute Gasteiger partial charge is 0.379 e. The van der Waals surface area contributed by atoms with E-state index in [0.29, 0.717) is 19.0 Å². The van der Waals surface area contributed by atoms with Gasteiger partial charge in [-0.15, -0.1) is 0 Å². The number of methoxy groups -OCH3 is 1. The maximum Gasteiger partial charge on any atom is 0.209 e. The highest BCUT2D eigenvalue weighted by Crippen LogP contribution is 2.20. The van der Waals surface area contributed by atoms with Crippen molar-refractivity contribution < 1.29 is 13.2 Å². The number of aliphatic imine (C=N–C) groups is 1. The summed E-state index contributed by atoms with van der Waals surface area (Å²) in [5.74, 6) is 0.641. The Morgan fingerprint density at radius 2 is 1.74 bits per heavy atom. The van der Waals surface area contributed by atoms with Gasteiger partial charge >= 0.3 is 0 Å². The average molecular weight is 351 g/mol. The lowest BCUT2D eigenvalue weighted by Crippen LogP contribution is -2.48. The van der Waals surface area contributed by atoms with Crippen LogP contribution in [-0.2, 0) is 14.8 Å². The fraction of sp³-hybridized carbons (Fsp3) is 0.933. The summed E-state index contributed by atoms with van der Waals surface area (Å²) in [5.41, 5.74) is -0.642. The van der Waals surface area contributed by atoms with Crippen molar-refractivity contribution in [3.63, 3.8) is 0 Å². The van der Waals surface area contributed by atoms with Crippen LogP contribution in [0, 0.1) is 5.41 Å². The summed E-state index contributed by atoms with van der Waals surface area (Å²) in [6.07, 6.45) is 1.18. The molecule has 0 aliphatic carbocycles. The Kier molecular flexibility index (Phi) is 8.51. The molecule has 0 aliphatic rings. The lowest BCUT2D eigenvalue weighted by atomic mass is 9.89. The first-order chi connectivity index (χ1) is 10.3. The summed E-state index contributed by atoms with van der Waals surface area (Å²) in [7, 11) is -1.58. The van der Waals surface area contributed by atoms with Crippen molar-refractivity contribution in [1.29, 1.82) is 0 Å². The van der Waals surface area contributed by atoms with Gasteiger partial charge in [-0.1, -0.05) is 20.8 Å². The van der Waals surface area contributed by atoms with Crippen molar-refractivity contribution in [2.45, 2.75) is 53.2 Å². The van der Waals surface area contributed by atoms with E-state index >= 15 is 0 Å². The standard InChI is InChI=1S/C15H34N4O3S/c1-9-16-13(17-10-12(22-7)14(2,3)4)18-11-15(5,6)19-23(8,20)21/h12,19H,9-11H2,1-8H3,(H2,16,17,18). The minimum Gasteiger partial charge on any atom is -0.379 e. The third kappa shape index (κ3) is 10.5. The predicted molar refractivity (Wildman–Crippen MR) is 96.3 cm³/mol. The van der Waals surface area contributed by atoms with E-state index in [2.05, 4.69) is 41.1 Å². The van der Waals surface area contributed by atoms with Crippen LogP contribution in [0.15, 0.2) is 4.99 Å². The molecule has 3 N–H and O–H groups in total. The molecule has 0 saturated heterocycles. The van der Waals surface area contributed by atoms with Gasteiger partial charge in [0, 0.05) is 25.7 Å². The zero-order chi connectivity index (χ0) is 18.3. The molecule has 0 rings (SSSR count). The third-order valence-electron chi connectivity index (χ3n) is 3.14. The molecule has 7 nitrogen and oxygen atoms in total. The first kappa shape index (κ1) is 22.1. The highest BCUT2D eigenvalue weighted by Gasteiger charge is 2.25. The van der Waals surface area contributed by atoms with Gasteiger partial charge in [0.1, 0.15) is 0 Å². The molecule has 0 amide bonds. The lowest BCUT2D eigenvalue weighted by Gasteiger charge is -2.30. The van der Waals surface area contributed by atoms with Crippen molar-refractivity contribution in [2.24, 2.45) is 10.4 Å². The van der Waals surface area contributed by atoms with E-state index in [1.54, 1.807) is 21.0 Å². The molecule has 0 aromatic carbocycles. The number of hydrogen-bond donors (Lipinski definition) is 3. The van der Waals surface area contributed by atoms with E-state index in [1.165, 1.54) is 0 Å². The van der Waals surface area contributed by atoms with Gasteiger partial charge in [0.05, 0.1) is 18.9 Å². The fourth-order valence-electron chi connectivity index (χ4n) is 2.09. The molecule has 0 spiro atoms. The molecular weight excluding hydrogens is 316 g/mol. The van der Waals surface area contributed by atoms with Crippen LogP contribution in [0.25, 0.3) is 0 Å². The van der Waals surface area contributed by atoms with Crippen LogP contribution < -0.4 is 15.4 Å². The molecule has 8 heteroatoms. The quantitative estimate of drug-likeness (QED) is 0.447. The van der Waals surface area contributed by atoms with Crippen molar-refractivity contribution in [1.82, 2.24) is 15.4 Å². The molecule has 0 aliphatic heterocycles. The first-order valence-corrected chi connectivity index (χ1v) is 9.74. The predicted octanol–water partition coefficient (Wildman–Crippen LogP) is 0.930. The van der Waals surface area contributed by atoms with Crippen molar-refractivity contribution >= 4 is 16.0 Å². The van der Waals surface area contributed by atoms with Crippen molar-refractivity contribution in [3.05, 3.63) is 0 Å². The SMILES string of the molecule is CCNC(=NCC(C)(C)NS(C)(=O)=O)NCC(OC)C(C)(C)C.